The Hall–Kier alpha value is -2.75. The summed E-state index contributed by atoms with van der Waals surface area (Å²) in [7, 11) is -0.0320. The van der Waals surface area contributed by atoms with Crippen LogP contribution in [-0.2, 0) is 0 Å². The van der Waals surface area contributed by atoms with E-state index in [0.29, 0.717) is 0 Å². The molecule has 1 aromatic carbocycles. The van der Waals surface area contributed by atoms with E-state index in [4.69, 9.17) is 5.11 Å². The van der Waals surface area contributed by atoms with Gasteiger partial charge < -0.3 is 10.1 Å². The minimum absolute atomic E-state index is 0.0320. The summed E-state index contributed by atoms with van der Waals surface area (Å²) >= 11 is 0. The number of para-hydroxylation sites is 1. The number of allylic oxidation sites excluding steroid dienone is 6. The van der Waals surface area contributed by atoms with E-state index >= 15 is 0 Å². The van der Waals surface area contributed by atoms with E-state index in [2.05, 4.69) is 18.1 Å². The molecule has 0 amide bonds. The van der Waals surface area contributed by atoms with Gasteiger partial charge in [-0.15, -0.1) is 0 Å². The standard InChI is InChI=1S/C17H16BNO2/c1-3-5-9-12(8-4-2)16-15(18-17(20)21)13-10-6-7-11-14(13)19-16/h3-11,18-19H,1-2H2,(H,20,21)/b9-5-,12-8+. The SMILES string of the molecule is C=C/C=C\C(=C/C=C)c1[nH]c2ccccc2c1BC(=O)O. The van der Waals surface area contributed by atoms with Crippen molar-refractivity contribution in [3.63, 3.8) is 0 Å². The number of aromatic amines is 1. The molecule has 0 saturated carbocycles. The second-order valence-electron chi connectivity index (χ2n) is 4.55. The highest BCUT2D eigenvalue weighted by Gasteiger charge is 2.17. The molecular formula is C17H16BNO2. The van der Waals surface area contributed by atoms with Gasteiger partial charge in [-0.05, 0) is 22.5 Å². The zero-order valence-corrected chi connectivity index (χ0v) is 11.7. The van der Waals surface area contributed by atoms with E-state index in [-0.39, 0.29) is 7.28 Å². The average molecular weight is 277 g/mol. The summed E-state index contributed by atoms with van der Waals surface area (Å²) in [4.78, 5) is 14.5. The number of hydrogen-bond acceptors (Lipinski definition) is 1. The van der Waals surface area contributed by atoms with E-state index in [1.807, 2.05) is 42.5 Å². The molecule has 2 aromatic rings. The highest BCUT2D eigenvalue weighted by Crippen LogP contribution is 2.20. The van der Waals surface area contributed by atoms with Crippen LogP contribution in [-0.4, -0.2) is 23.2 Å². The lowest BCUT2D eigenvalue weighted by atomic mass is 9.68. The first-order valence-electron chi connectivity index (χ1n) is 6.61. The number of nitrogens with one attached hydrogen (secondary N) is 1. The maximum absolute atomic E-state index is 11.2. The molecule has 0 spiro atoms. The lowest BCUT2D eigenvalue weighted by Gasteiger charge is -2.03. The van der Waals surface area contributed by atoms with Crippen molar-refractivity contribution < 1.29 is 9.90 Å². The van der Waals surface area contributed by atoms with Crippen LogP contribution in [0.2, 0.25) is 0 Å². The van der Waals surface area contributed by atoms with Gasteiger partial charge in [-0.2, -0.15) is 0 Å². The van der Waals surface area contributed by atoms with Gasteiger partial charge >= 0.3 is 0 Å². The molecule has 0 aliphatic heterocycles. The topological polar surface area (TPSA) is 53.1 Å². The first kappa shape index (κ1) is 14.7. The molecule has 1 heterocycles. The van der Waals surface area contributed by atoms with Gasteiger partial charge in [-0.1, -0.05) is 61.7 Å². The second kappa shape index (κ2) is 6.61. The molecular weight excluding hydrogens is 261 g/mol. The van der Waals surface area contributed by atoms with Crippen LogP contribution in [0.15, 0.2) is 67.8 Å². The van der Waals surface area contributed by atoms with Gasteiger partial charge in [0.25, 0.3) is 13.1 Å². The maximum atomic E-state index is 11.2. The number of fused-ring (bicyclic) bond motifs is 1. The van der Waals surface area contributed by atoms with Gasteiger partial charge in [0.05, 0.1) is 0 Å². The monoisotopic (exact) mass is 277 g/mol. The molecule has 104 valence electrons. The Bertz CT molecular complexity index is 753. The Morgan fingerprint density at radius 2 is 2.00 bits per heavy atom. The number of rotatable bonds is 6. The van der Waals surface area contributed by atoms with Crippen LogP contribution in [0, 0.1) is 0 Å². The normalized spacial score (nSPS) is 11.7. The Morgan fingerprint density at radius 1 is 1.24 bits per heavy atom. The zero-order chi connectivity index (χ0) is 15.2. The molecule has 3 nitrogen and oxygen atoms in total. The summed E-state index contributed by atoms with van der Waals surface area (Å²) in [5, 5.41) is 10.1. The predicted octanol–water partition coefficient (Wildman–Crippen LogP) is 3.22. The second-order valence-corrected chi connectivity index (χ2v) is 4.55. The Kier molecular flexibility index (Phi) is 4.62. The fraction of sp³-hybridized carbons (Fsp3) is 0. The van der Waals surface area contributed by atoms with Gasteiger partial charge in [0.1, 0.15) is 0 Å². The van der Waals surface area contributed by atoms with Gasteiger partial charge in [0, 0.05) is 11.2 Å². The smallest absolute Gasteiger partial charge is 0.296 e. The van der Waals surface area contributed by atoms with E-state index in [9.17, 15) is 4.79 Å². The summed E-state index contributed by atoms with van der Waals surface area (Å²) in [6.07, 6.45) is 8.89. The number of aromatic nitrogens is 1. The lowest BCUT2D eigenvalue weighted by Crippen LogP contribution is -2.24. The molecule has 21 heavy (non-hydrogen) atoms. The van der Waals surface area contributed by atoms with Crippen LogP contribution in [0.3, 0.4) is 0 Å². The number of hydrogen-bond donors (Lipinski definition) is 2. The third-order valence-corrected chi connectivity index (χ3v) is 3.14. The fourth-order valence-corrected chi connectivity index (χ4v) is 2.30. The molecule has 4 heteroatoms. The fourth-order valence-electron chi connectivity index (χ4n) is 2.30. The molecule has 1 aromatic heterocycles. The van der Waals surface area contributed by atoms with E-state index in [0.717, 1.165) is 27.6 Å². The summed E-state index contributed by atoms with van der Waals surface area (Å²) in [6, 6.07) is 7.69. The molecule has 0 aliphatic carbocycles. The minimum Gasteiger partial charge on any atom is -0.489 e. The third-order valence-electron chi connectivity index (χ3n) is 3.14. The van der Waals surface area contributed by atoms with Crippen LogP contribution >= 0.6 is 0 Å². The third kappa shape index (κ3) is 3.23. The van der Waals surface area contributed by atoms with E-state index < -0.39 is 5.87 Å². The lowest BCUT2D eigenvalue weighted by molar-refractivity contribution is 0.220. The van der Waals surface area contributed by atoms with Gasteiger partial charge in [0.2, 0.25) is 0 Å². The zero-order valence-electron chi connectivity index (χ0n) is 11.7. The number of carbonyl (C=O) groups is 1. The van der Waals surface area contributed by atoms with Crippen molar-refractivity contribution in [3.05, 3.63) is 73.5 Å². The summed E-state index contributed by atoms with van der Waals surface area (Å²) < 4.78 is 0. The molecule has 0 bridgehead atoms. The first-order chi connectivity index (χ1) is 10.2. The van der Waals surface area contributed by atoms with Gasteiger partial charge in [-0.3, -0.25) is 4.79 Å². The summed E-state index contributed by atoms with van der Waals surface area (Å²) in [5.74, 6) is -0.855. The van der Waals surface area contributed by atoms with Crippen LogP contribution in [0.1, 0.15) is 5.69 Å². The van der Waals surface area contributed by atoms with Crippen LogP contribution in [0.4, 0.5) is 4.79 Å². The van der Waals surface area contributed by atoms with E-state index in [1.54, 1.807) is 12.2 Å². The molecule has 0 aliphatic rings. The largest absolute Gasteiger partial charge is 0.489 e. The minimum atomic E-state index is -0.855. The Morgan fingerprint density at radius 3 is 2.67 bits per heavy atom. The molecule has 2 rings (SSSR count). The predicted molar refractivity (Wildman–Crippen MR) is 90.6 cm³/mol. The highest BCUT2D eigenvalue weighted by molar-refractivity contribution is 6.84. The summed E-state index contributed by atoms with van der Waals surface area (Å²) in [6.45, 7) is 7.37. The summed E-state index contributed by atoms with van der Waals surface area (Å²) in [5.41, 5.74) is 3.37. The quantitative estimate of drug-likeness (QED) is 0.629. The van der Waals surface area contributed by atoms with Crippen molar-refractivity contribution in [2.24, 2.45) is 0 Å². The molecule has 0 fully saturated rings. The Balaban J connectivity index is 2.67. The molecule has 2 N–H and O–H groups in total. The van der Waals surface area contributed by atoms with Gasteiger partial charge in [-0.25, -0.2) is 0 Å². The molecule has 0 radical (unpaired) electrons. The highest BCUT2D eigenvalue weighted by atomic mass is 16.4. The van der Waals surface area contributed by atoms with Crippen LogP contribution in [0.5, 0.6) is 0 Å². The molecule has 0 atom stereocenters. The van der Waals surface area contributed by atoms with Crippen molar-refractivity contribution in [1.29, 1.82) is 0 Å². The first-order valence-corrected chi connectivity index (χ1v) is 6.61. The molecule has 0 unspecified atom stereocenters. The van der Waals surface area contributed by atoms with Crippen molar-refractivity contribution in [1.82, 2.24) is 4.98 Å². The van der Waals surface area contributed by atoms with Crippen molar-refractivity contribution in [2.45, 2.75) is 0 Å². The van der Waals surface area contributed by atoms with Crippen LogP contribution in [0.25, 0.3) is 16.5 Å². The molecule has 0 saturated heterocycles. The van der Waals surface area contributed by atoms with Crippen molar-refractivity contribution >= 4 is 35.1 Å². The van der Waals surface area contributed by atoms with Crippen molar-refractivity contribution in [2.75, 3.05) is 0 Å². The van der Waals surface area contributed by atoms with E-state index in [1.165, 1.54) is 0 Å². The average Bonchev–Trinajstić information content (AvgIpc) is 2.82. The number of benzene rings is 1. The number of carboxylic acid groups (broad SMARTS) is 1. The maximum Gasteiger partial charge on any atom is 0.296 e. The van der Waals surface area contributed by atoms with Gasteiger partial charge in [0.15, 0.2) is 0 Å². The number of H-pyrrole nitrogens is 1. The van der Waals surface area contributed by atoms with Crippen molar-refractivity contribution in [3.8, 4) is 0 Å². The Labute approximate surface area is 124 Å². The van der Waals surface area contributed by atoms with Crippen LogP contribution < -0.4 is 5.46 Å².